The van der Waals surface area contributed by atoms with Crippen LogP contribution in [-0.2, 0) is 6.54 Å². The van der Waals surface area contributed by atoms with Crippen LogP contribution in [0.2, 0.25) is 0 Å². The molecular formula is C16H25N3O. The molecule has 0 unspecified atom stereocenters. The van der Waals surface area contributed by atoms with E-state index in [1.807, 2.05) is 24.3 Å². The lowest BCUT2D eigenvalue weighted by atomic mass is 9.76. The predicted molar refractivity (Wildman–Crippen MR) is 81.9 cm³/mol. The van der Waals surface area contributed by atoms with Gasteiger partial charge < -0.3 is 16.3 Å². The van der Waals surface area contributed by atoms with E-state index in [4.69, 9.17) is 10.9 Å². The van der Waals surface area contributed by atoms with Crippen molar-refractivity contribution >= 4 is 5.84 Å². The monoisotopic (exact) mass is 275 g/mol. The van der Waals surface area contributed by atoms with Gasteiger partial charge in [-0.15, -0.1) is 0 Å². The molecule has 20 heavy (non-hydrogen) atoms. The maximum atomic E-state index is 8.83. The number of hydrogen-bond donors (Lipinski definition) is 3. The minimum atomic E-state index is 0.172. The minimum Gasteiger partial charge on any atom is -0.409 e. The fraction of sp³-hybridized carbons (Fsp3) is 0.562. The Morgan fingerprint density at radius 2 is 2.00 bits per heavy atom. The van der Waals surface area contributed by atoms with Crippen molar-refractivity contribution in [1.29, 1.82) is 0 Å². The van der Waals surface area contributed by atoms with E-state index in [-0.39, 0.29) is 5.84 Å². The van der Waals surface area contributed by atoms with E-state index in [0.29, 0.717) is 5.41 Å². The molecule has 1 aromatic rings. The summed E-state index contributed by atoms with van der Waals surface area (Å²) >= 11 is 0. The first kappa shape index (κ1) is 14.9. The summed E-state index contributed by atoms with van der Waals surface area (Å²) in [7, 11) is 0. The van der Waals surface area contributed by atoms with Crippen molar-refractivity contribution < 1.29 is 5.21 Å². The first-order valence-corrected chi connectivity index (χ1v) is 7.41. The van der Waals surface area contributed by atoms with Gasteiger partial charge in [-0.05, 0) is 23.8 Å². The van der Waals surface area contributed by atoms with Crippen molar-refractivity contribution in [3.05, 3.63) is 35.4 Å². The highest BCUT2D eigenvalue weighted by molar-refractivity contribution is 5.98. The van der Waals surface area contributed by atoms with Gasteiger partial charge in [0, 0.05) is 18.7 Å². The number of nitrogens with two attached hydrogens (primary N) is 1. The van der Waals surface area contributed by atoms with E-state index < -0.39 is 0 Å². The van der Waals surface area contributed by atoms with Crippen molar-refractivity contribution in [3.8, 4) is 0 Å². The van der Waals surface area contributed by atoms with E-state index in [1.165, 1.54) is 32.1 Å². The molecule has 2 rings (SSSR count). The Balaban J connectivity index is 1.94. The summed E-state index contributed by atoms with van der Waals surface area (Å²) in [4.78, 5) is 0. The summed E-state index contributed by atoms with van der Waals surface area (Å²) in [6.07, 6.45) is 6.68. The molecule has 0 saturated heterocycles. The average Bonchev–Trinajstić information content (AvgIpc) is 2.47. The molecule has 4 heteroatoms. The maximum Gasteiger partial charge on any atom is 0.170 e. The Morgan fingerprint density at radius 3 is 2.70 bits per heavy atom. The zero-order valence-electron chi connectivity index (χ0n) is 12.2. The third-order valence-electron chi connectivity index (χ3n) is 4.33. The number of nitrogens with one attached hydrogen (secondary N) is 1. The second-order valence-corrected chi connectivity index (χ2v) is 6.12. The lowest BCUT2D eigenvalue weighted by Crippen LogP contribution is -2.33. The van der Waals surface area contributed by atoms with Crippen LogP contribution in [0, 0.1) is 5.41 Å². The van der Waals surface area contributed by atoms with Crippen molar-refractivity contribution in [2.24, 2.45) is 16.3 Å². The molecule has 1 aliphatic rings. The maximum absolute atomic E-state index is 8.83. The highest BCUT2D eigenvalue weighted by atomic mass is 16.4. The minimum absolute atomic E-state index is 0.172. The first-order valence-electron chi connectivity index (χ1n) is 7.41. The molecule has 4 nitrogen and oxygen atoms in total. The van der Waals surface area contributed by atoms with Crippen LogP contribution >= 0.6 is 0 Å². The average molecular weight is 275 g/mol. The fourth-order valence-corrected chi connectivity index (χ4v) is 3.06. The molecule has 1 saturated carbocycles. The van der Waals surface area contributed by atoms with Crippen molar-refractivity contribution in [2.75, 3.05) is 6.54 Å². The largest absolute Gasteiger partial charge is 0.409 e. The second kappa shape index (κ2) is 6.75. The molecule has 1 fully saturated rings. The van der Waals surface area contributed by atoms with Gasteiger partial charge in [0.05, 0.1) is 0 Å². The molecule has 0 radical (unpaired) electrons. The summed E-state index contributed by atoms with van der Waals surface area (Å²) < 4.78 is 0. The van der Waals surface area contributed by atoms with Gasteiger partial charge in [-0.3, -0.25) is 0 Å². The van der Waals surface area contributed by atoms with Gasteiger partial charge in [0.1, 0.15) is 0 Å². The normalized spacial score (nSPS) is 18.9. The van der Waals surface area contributed by atoms with Crippen LogP contribution in [0.15, 0.2) is 29.4 Å². The van der Waals surface area contributed by atoms with E-state index in [0.717, 1.165) is 24.2 Å². The number of oxime groups is 1. The van der Waals surface area contributed by atoms with Gasteiger partial charge in [0.15, 0.2) is 5.84 Å². The van der Waals surface area contributed by atoms with Crippen molar-refractivity contribution in [3.63, 3.8) is 0 Å². The first-order chi connectivity index (χ1) is 9.64. The van der Waals surface area contributed by atoms with Gasteiger partial charge >= 0.3 is 0 Å². The molecule has 110 valence electrons. The predicted octanol–water partition coefficient (Wildman–Crippen LogP) is 2.84. The van der Waals surface area contributed by atoms with E-state index in [1.54, 1.807) is 0 Å². The summed E-state index contributed by atoms with van der Waals surface area (Å²) in [6, 6.07) is 7.78. The third kappa shape index (κ3) is 3.73. The van der Waals surface area contributed by atoms with E-state index in [2.05, 4.69) is 17.4 Å². The lowest BCUT2D eigenvalue weighted by Gasteiger charge is -2.33. The molecule has 0 amide bonds. The van der Waals surface area contributed by atoms with Crippen molar-refractivity contribution in [1.82, 2.24) is 5.32 Å². The third-order valence-corrected chi connectivity index (χ3v) is 4.33. The number of rotatable bonds is 5. The van der Waals surface area contributed by atoms with Crippen LogP contribution in [0.4, 0.5) is 0 Å². The second-order valence-electron chi connectivity index (χ2n) is 6.12. The Bertz CT molecular complexity index is 465. The standard InChI is InChI=1S/C16H25N3O/c1-16(9-5-2-6-10-16)12-18-11-13-7-3-4-8-14(13)15(17)19-20/h3-4,7-8,18,20H,2,5-6,9-12H2,1H3,(H2,17,19). The van der Waals surface area contributed by atoms with Crippen LogP contribution in [0.5, 0.6) is 0 Å². The van der Waals surface area contributed by atoms with Gasteiger partial charge in [-0.25, -0.2) is 0 Å². The number of benzene rings is 1. The number of amidine groups is 1. The summed E-state index contributed by atoms with van der Waals surface area (Å²) in [6.45, 7) is 4.15. The topological polar surface area (TPSA) is 70.6 Å². The smallest absolute Gasteiger partial charge is 0.170 e. The molecule has 0 spiro atoms. The highest BCUT2D eigenvalue weighted by Crippen LogP contribution is 2.34. The molecule has 4 N–H and O–H groups in total. The zero-order valence-corrected chi connectivity index (χ0v) is 12.2. The molecule has 0 atom stereocenters. The molecule has 0 bridgehead atoms. The van der Waals surface area contributed by atoms with Crippen LogP contribution in [0.3, 0.4) is 0 Å². The fourth-order valence-electron chi connectivity index (χ4n) is 3.06. The van der Waals surface area contributed by atoms with Gasteiger partial charge in [-0.2, -0.15) is 0 Å². The van der Waals surface area contributed by atoms with Crippen LogP contribution in [0.25, 0.3) is 0 Å². The van der Waals surface area contributed by atoms with Gasteiger partial charge in [-0.1, -0.05) is 55.6 Å². The lowest BCUT2D eigenvalue weighted by molar-refractivity contribution is 0.207. The summed E-state index contributed by atoms with van der Waals surface area (Å²) in [5.41, 5.74) is 8.00. The van der Waals surface area contributed by atoms with Crippen LogP contribution in [0.1, 0.15) is 50.2 Å². The number of hydrogen-bond acceptors (Lipinski definition) is 3. The summed E-state index contributed by atoms with van der Waals surface area (Å²) in [5, 5.41) is 15.5. The highest BCUT2D eigenvalue weighted by Gasteiger charge is 2.26. The van der Waals surface area contributed by atoms with Gasteiger partial charge in [0.2, 0.25) is 0 Å². The molecule has 1 aromatic carbocycles. The van der Waals surface area contributed by atoms with E-state index in [9.17, 15) is 0 Å². The van der Waals surface area contributed by atoms with Crippen molar-refractivity contribution in [2.45, 2.75) is 45.6 Å². The molecule has 0 aromatic heterocycles. The summed E-state index contributed by atoms with van der Waals surface area (Å²) in [5.74, 6) is 0.172. The number of nitrogens with zero attached hydrogens (tertiary/aromatic N) is 1. The molecule has 0 heterocycles. The van der Waals surface area contributed by atoms with E-state index >= 15 is 0 Å². The molecule has 1 aliphatic carbocycles. The Morgan fingerprint density at radius 1 is 1.30 bits per heavy atom. The molecular weight excluding hydrogens is 250 g/mol. The van der Waals surface area contributed by atoms with Gasteiger partial charge in [0.25, 0.3) is 0 Å². The zero-order chi connectivity index (χ0) is 14.4. The SMILES string of the molecule is CC1(CNCc2ccccc2/C(N)=N/O)CCCCC1. The Hall–Kier alpha value is -1.55. The van der Waals surface area contributed by atoms with Crippen LogP contribution in [-0.4, -0.2) is 17.6 Å². The molecule has 0 aliphatic heterocycles. The van der Waals surface area contributed by atoms with Crippen LogP contribution < -0.4 is 11.1 Å². The quantitative estimate of drug-likeness (QED) is 0.335. The Labute approximate surface area is 121 Å². The Kier molecular flexibility index (Phi) is 5.01.